The Balaban J connectivity index is 0.000000598. The van der Waals surface area contributed by atoms with Gasteiger partial charge in [0.05, 0.1) is 18.8 Å². The summed E-state index contributed by atoms with van der Waals surface area (Å²) in [7, 11) is -1.68. The molecule has 0 saturated carbocycles. The van der Waals surface area contributed by atoms with Crippen LogP contribution in [-0.2, 0) is 23.6 Å². The highest BCUT2D eigenvalue weighted by molar-refractivity contribution is 6.71. The Morgan fingerprint density at radius 3 is 1.68 bits per heavy atom. The van der Waals surface area contributed by atoms with Gasteiger partial charge in [0.2, 0.25) is 17.9 Å². The van der Waals surface area contributed by atoms with Crippen molar-refractivity contribution in [1.82, 2.24) is 15.1 Å². The molecule has 3 rings (SSSR count). The Morgan fingerprint density at radius 2 is 1.30 bits per heavy atom. The van der Waals surface area contributed by atoms with Crippen LogP contribution in [0.5, 0.6) is 0 Å². The normalized spacial score (nSPS) is 18.5. The van der Waals surface area contributed by atoms with Gasteiger partial charge in [0, 0.05) is 53.1 Å². The summed E-state index contributed by atoms with van der Waals surface area (Å²) in [6, 6.07) is 1.01. The van der Waals surface area contributed by atoms with Crippen molar-refractivity contribution in [1.29, 1.82) is 0 Å². The van der Waals surface area contributed by atoms with Gasteiger partial charge in [0.15, 0.2) is 8.32 Å². The number of likely N-dealkylation sites (tertiary alicyclic amines) is 2. The third-order valence-corrected chi connectivity index (χ3v) is 9.23. The number of carbonyl (C=O) groups excluding carboxylic acids is 3. The molecule has 3 fully saturated rings. The van der Waals surface area contributed by atoms with Gasteiger partial charge in [-0.05, 0) is 77.2 Å². The summed E-state index contributed by atoms with van der Waals surface area (Å²) in [5.74, 6) is -0.562. The van der Waals surface area contributed by atoms with Gasteiger partial charge in [-0.25, -0.2) is 9.79 Å². The van der Waals surface area contributed by atoms with Crippen LogP contribution in [0.1, 0.15) is 65.7 Å². The number of hydrogen-bond acceptors (Lipinski definition) is 9. The lowest BCUT2D eigenvalue weighted by molar-refractivity contribution is -0.134. The first-order chi connectivity index (χ1) is 18.8. The lowest BCUT2D eigenvalue weighted by Crippen LogP contribution is -2.44. The molecule has 2 amide bonds. The Labute approximate surface area is 240 Å². The number of carboxylic acids is 1. The van der Waals surface area contributed by atoms with Crippen molar-refractivity contribution in [3.8, 4) is 0 Å². The highest BCUT2D eigenvalue weighted by Crippen LogP contribution is 2.22. The maximum atomic E-state index is 11.2. The molecule has 0 unspecified atom stereocenters. The van der Waals surface area contributed by atoms with Crippen molar-refractivity contribution in [3.05, 3.63) is 0 Å². The molecule has 232 valence electrons. The number of carbonyl (C=O) groups is 3. The Morgan fingerprint density at radius 1 is 0.875 bits per heavy atom. The van der Waals surface area contributed by atoms with Gasteiger partial charge in [0.25, 0.3) is 5.97 Å². The van der Waals surface area contributed by atoms with Crippen molar-refractivity contribution in [2.75, 3.05) is 45.8 Å². The van der Waals surface area contributed by atoms with Gasteiger partial charge in [-0.2, -0.15) is 0 Å². The Kier molecular flexibility index (Phi) is 20.4. The zero-order valence-corrected chi connectivity index (χ0v) is 26.1. The average Bonchev–Trinajstić information content (AvgIpc) is 2.88. The third-order valence-electron chi connectivity index (χ3n) is 6.70. The summed E-state index contributed by atoms with van der Waals surface area (Å²) in [5.41, 5.74) is 0. The predicted molar refractivity (Wildman–Crippen MR) is 155 cm³/mol. The first-order valence-electron chi connectivity index (χ1n) is 14.3. The number of piperidine rings is 3. The highest BCUT2D eigenvalue weighted by Gasteiger charge is 2.29. The molecule has 0 radical (unpaired) electrons. The molecule has 0 atom stereocenters. The molecule has 0 spiro atoms. The maximum Gasteiger partial charge on any atom is 0.300 e. The van der Waals surface area contributed by atoms with Crippen LogP contribution in [0.4, 0.5) is 0 Å². The minimum atomic E-state index is -1.68. The Bertz CT molecular complexity index is 768. The van der Waals surface area contributed by atoms with Crippen LogP contribution in [-0.4, -0.2) is 121 Å². The van der Waals surface area contributed by atoms with E-state index in [0.717, 1.165) is 97.2 Å². The number of aliphatic imine (C=N–C) groups is 1. The molecule has 0 aromatic heterocycles. The molecule has 12 nitrogen and oxygen atoms in total. The molecule has 13 heteroatoms. The van der Waals surface area contributed by atoms with Crippen LogP contribution in [0.3, 0.4) is 0 Å². The minimum Gasteiger partial charge on any atom is -0.481 e. The van der Waals surface area contributed by atoms with Crippen LogP contribution in [0.15, 0.2) is 4.99 Å². The van der Waals surface area contributed by atoms with Gasteiger partial charge < -0.3 is 34.9 Å². The van der Waals surface area contributed by atoms with E-state index < -0.39 is 14.3 Å². The third kappa shape index (κ3) is 20.7. The molecule has 3 aliphatic heterocycles. The van der Waals surface area contributed by atoms with Crippen molar-refractivity contribution < 1.29 is 38.9 Å². The quantitative estimate of drug-likeness (QED) is 0.156. The summed E-state index contributed by atoms with van der Waals surface area (Å²) >= 11 is 0. The van der Waals surface area contributed by atoms with E-state index in [4.69, 9.17) is 24.5 Å². The van der Waals surface area contributed by atoms with Gasteiger partial charge >= 0.3 is 0 Å². The number of carboxylic acid groups (broad SMARTS) is 1. The van der Waals surface area contributed by atoms with E-state index in [9.17, 15) is 14.4 Å². The number of aliphatic hydroxyl groups excluding tert-OH is 2. The highest BCUT2D eigenvalue weighted by atomic mass is 28.4. The molecule has 0 bridgehead atoms. The van der Waals surface area contributed by atoms with Gasteiger partial charge in [-0.1, -0.05) is 0 Å². The standard InChI is InChI=1S/C13H24N2O3Si.C7H13NO2.C5H11NO.C2H4O2/c1-12(17)15-8-5-13(6-9-15)18-19(2,3)10-4-7-14-11-16;1-6(9)8-4-2-7(10)3-5-8;7-5-1-3-6-4-2-5;1-2(3)4/h13H,4-10H2,1-3H3;7,10H,2-5H2,1H3;5-7H,1-4H2;1H3,(H,3,4). The number of rotatable bonds is 6. The zero-order chi connectivity index (χ0) is 30.6. The second-order valence-electron chi connectivity index (χ2n) is 10.9. The number of aliphatic hydroxyl groups is 2. The fraction of sp³-hybridized carbons (Fsp3) is 0.852. The molecule has 4 N–H and O–H groups in total. The van der Waals surface area contributed by atoms with Gasteiger partial charge in [-0.15, -0.1) is 0 Å². The minimum absolute atomic E-state index is 0.0266. The van der Waals surface area contributed by atoms with Crippen molar-refractivity contribution in [2.45, 2.75) is 103 Å². The van der Waals surface area contributed by atoms with E-state index in [2.05, 4.69) is 23.4 Å². The van der Waals surface area contributed by atoms with E-state index >= 15 is 0 Å². The Hall–Kier alpha value is -2.15. The monoisotopic (exact) mass is 588 g/mol. The molecular weight excluding hydrogens is 536 g/mol. The summed E-state index contributed by atoms with van der Waals surface area (Å²) < 4.78 is 6.25. The fourth-order valence-electron chi connectivity index (χ4n) is 4.42. The van der Waals surface area contributed by atoms with Gasteiger partial charge in [-0.3, -0.25) is 14.4 Å². The summed E-state index contributed by atoms with van der Waals surface area (Å²) in [6.45, 7) is 14.2. The van der Waals surface area contributed by atoms with Crippen LogP contribution in [0.25, 0.3) is 0 Å². The number of amides is 2. The maximum absolute atomic E-state index is 11.2. The molecule has 3 aliphatic rings. The van der Waals surface area contributed by atoms with E-state index in [1.54, 1.807) is 24.8 Å². The second kappa shape index (κ2) is 21.6. The van der Waals surface area contributed by atoms with Crippen LogP contribution < -0.4 is 5.32 Å². The molecule has 0 aromatic carbocycles. The first-order valence-corrected chi connectivity index (χ1v) is 17.4. The summed E-state index contributed by atoms with van der Waals surface area (Å²) in [4.78, 5) is 48.2. The lowest BCUT2D eigenvalue weighted by atomic mass is 10.1. The molecular formula is C27H52N4O8Si. The molecule has 3 heterocycles. The fourth-order valence-corrected chi connectivity index (χ4v) is 6.68. The molecule has 3 saturated heterocycles. The van der Waals surface area contributed by atoms with Crippen molar-refractivity contribution in [2.24, 2.45) is 4.99 Å². The summed E-state index contributed by atoms with van der Waals surface area (Å²) in [6.07, 6.45) is 7.72. The average molecular weight is 589 g/mol. The zero-order valence-electron chi connectivity index (χ0n) is 25.1. The van der Waals surface area contributed by atoms with Crippen LogP contribution in [0, 0.1) is 0 Å². The van der Waals surface area contributed by atoms with Crippen LogP contribution in [0.2, 0.25) is 19.1 Å². The van der Waals surface area contributed by atoms with E-state index in [-0.39, 0.29) is 30.1 Å². The number of hydrogen-bond donors (Lipinski definition) is 4. The molecule has 40 heavy (non-hydrogen) atoms. The largest absolute Gasteiger partial charge is 0.481 e. The summed E-state index contributed by atoms with van der Waals surface area (Å²) in [5, 5.41) is 28.5. The van der Waals surface area contributed by atoms with E-state index in [0.29, 0.717) is 6.54 Å². The predicted octanol–water partition coefficient (Wildman–Crippen LogP) is 1.76. The first kappa shape index (κ1) is 37.8. The lowest BCUT2D eigenvalue weighted by Gasteiger charge is -2.36. The smallest absolute Gasteiger partial charge is 0.300 e. The van der Waals surface area contributed by atoms with Crippen LogP contribution >= 0.6 is 0 Å². The van der Waals surface area contributed by atoms with Crippen molar-refractivity contribution in [3.63, 3.8) is 0 Å². The van der Waals surface area contributed by atoms with Gasteiger partial charge in [0.1, 0.15) is 0 Å². The number of nitrogens with one attached hydrogen (secondary N) is 1. The topological polar surface area (TPSA) is 169 Å². The van der Waals surface area contributed by atoms with Crippen molar-refractivity contribution >= 4 is 32.2 Å². The van der Waals surface area contributed by atoms with E-state index in [1.807, 2.05) is 4.90 Å². The molecule has 0 aromatic rings. The second-order valence-corrected chi connectivity index (χ2v) is 15.2. The number of aliphatic carboxylic acids is 1. The number of isocyanates is 1. The number of nitrogens with zero attached hydrogens (tertiary/aromatic N) is 3. The van der Waals surface area contributed by atoms with E-state index in [1.165, 1.54) is 0 Å². The SMILES string of the molecule is CC(=O)N1CCC(O)CC1.CC(=O)N1CCC(O[Si](C)(C)CCCN=C=O)CC1.CC(=O)O.OC1CCNCC1. The molecule has 0 aliphatic carbocycles.